The Bertz CT molecular complexity index is 1670. The molecule has 13 heteroatoms. The van der Waals surface area contributed by atoms with Gasteiger partial charge in [-0.25, -0.2) is 8.78 Å². The van der Waals surface area contributed by atoms with Gasteiger partial charge in [0, 0.05) is 32.5 Å². The number of nitrogens with zero attached hydrogens (tertiary/aromatic N) is 5. The number of rotatable bonds is 8. The van der Waals surface area contributed by atoms with E-state index in [0.29, 0.717) is 35.4 Å². The lowest BCUT2D eigenvalue weighted by Gasteiger charge is -2.21. The van der Waals surface area contributed by atoms with Crippen LogP contribution in [0.3, 0.4) is 0 Å². The topological polar surface area (TPSA) is 117 Å². The van der Waals surface area contributed by atoms with Crippen LogP contribution in [0.5, 0.6) is 5.75 Å². The zero-order valence-corrected chi connectivity index (χ0v) is 23.3. The number of fused-ring (bicyclic) bond motifs is 2. The van der Waals surface area contributed by atoms with E-state index in [9.17, 15) is 18.4 Å². The molecule has 41 heavy (non-hydrogen) atoms. The van der Waals surface area contributed by atoms with Crippen molar-refractivity contribution in [3.05, 3.63) is 59.3 Å². The van der Waals surface area contributed by atoms with Crippen molar-refractivity contribution in [1.82, 2.24) is 24.8 Å². The second-order valence-corrected chi connectivity index (χ2v) is 9.89. The molecule has 3 heterocycles. The molecule has 0 fully saturated rings. The van der Waals surface area contributed by atoms with E-state index in [1.807, 2.05) is 31.1 Å². The number of nitrogens with one attached hydrogen (secondary N) is 3. The largest absolute Gasteiger partial charge is 0.495 e. The molecule has 0 spiro atoms. The zero-order valence-electron chi connectivity index (χ0n) is 23.3. The molecular formula is C28H30F2N8O3. The molecule has 0 bridgehead atoms. The molecule has 0 atom stereocenters. The minimum Gasteiger partial charge on any atom is -0.495 e. The first-order valence-electron chi connectivity index (χ1n) is 12.8. The quantitative estimate of drug-likeness (QED) is 0.298. The van der Waals surface area contributed by atoms with Gasteiger partial charge in [0.15, 0.2) is 11.6 Å². The standard InChI is InChI=1S/C28H30F2N8O3/c1-31-27(40)23-18(7-6-17(29)24(23)30)32-25-16-9-10-37(4)26(16)35-28(34-25)33-19-13-20-15(12-21(19)41-5)8-11-38(20)22(39)14-36(2)3/h6-7,9-10,12-13H,8,11,14H2,1-5H3,(H,31,40)(H2,32,33,34,35). The lowest BCUT2D eigenvalue weighted by molar-refractivity contribution is -0.119. The van der Waals surface area contributed by atoms with Crippen molar-refractivity contribution in [3.63, 3.8) is 0 Å². The molecule has 0 radical (unpaired) electrons. The summed E-state index contributed by atoms with van der Waals surface area (Å²) in [5, 5.41) is 9.11. The lowest BCUT2D eigenvalue weighted by Crippen LogP contribution is -2.36. The van der Waals surface area contributed by atoms with Crippen molar-refractivity contribution in [2.45, 2.75) is 6.42 Å². The van der Waals surface area contributed by atoms with Gasteiger partial charge in [-0.05, 0) is 56.4 Å². The molecule has 5 rings (SSSR count). The number of hydrogen-bond acceptors (Lipinski definition) is 8. The van der Waals surface area contributed by atoms with Gasteiger partial charge in [0.25, 0.3) is 5.91 Å². The molecule has 4 aromatic rings. The van der Waals surface area contributed by atoms with Crippen molar-refractivity contribution in [2.75, 3.05) is 56.9 Å². The highest BCUT2D eigenvalue weighted by Gasteiger charge is 2.27. The Morgan fingerprint density at radius 1 is 1.10 bits per heavy atom. The first-order chi connectivity index (χ1) is 19.6. The van der Waals surface area contributed by atoms with Crippen molar-refractivity contribution >= 4 is 51.7 Å². The van der Waals surface area contributed by atoms with E-state index in [-0.39, 0.29) is 29.9 Å². The highest BCUT2D eigenvalue weighted by molar-refractivity contribution is 6.02. The van der Waals surface area contributed by atoms with Crippen molar-refractivity contribution in [1.29, 1.82) is 0 Å². The van der Waals surface area contributed by atoms with Crippen LogP contribution >= 0.6 is 0 Å². The minimum atomic E-state index is -1.28. The summed E-state index contributed by atoms with van der Waals surface area (Å²) in [5.41, 5.74) is 2.39. The third-order valence-corrected chi connectivity index (χ3v) is 6.82. The number of aryl methyl sites for hydroxylation is 1. The van der Waals surface area contributed by atoms with Crippen LogP contribution in [-0.2, 0) is 18.3 Å². The van der Waals surface area contributed by atoms with E-state index in [2.05, 4.69) is 25.9 Å². The summed E-state index contributed by atoms with van der Waals surface area (Å²) in [6, 6.07) is 7.70. The van der Waals surface area contributed by atoms with Crippen molar-refractivity contribution < 1.29 is 23.1 Å². The summed E-state index contributed by atoms with van der Waals surface area (Å²) in [4.78, 5) is 38.1. The first-order valence-corrected chi connectivity index (χ1v) is 12.8. The fourth-order valence-electron chi connectivity index (χ4n) is 4.83. The van der Waals surface area contributed by atoms with Crippen LogP contribution in [0.15, 0.2) is 36.5 Å². The minimum absolute atomic E-state index is 0.0173. The molecule has 1 aliphatic rings. The van der Waals surface area contributed by atoms with E-state index in [1.54, 1.807) is 35.9 Å². The molecule has 1 aliphatic heterocycles. The number of likely N-dealkylation sites (N-methyl/N-ethyl adjacent to an activating group) is 1. The third-order valence-electron chi connectivity index (χ3n) is 6.82. The Kier molecular flexibility index (Phi) is 7.45. The number of amides is 2. The van der Waals surface area contributed by atoms with E-state index in [4.69, 9.17) is 4.74 Å². The maximum absolute atomic E-state index is 14.7. The molecule has 0 aliphatic carbocycles. The van der Waals surface area contributed by atoms with E-state index in [1.165, 1.54) is 13.1 Å². The van der Waals surface area contributed by atoms with Gasteiger partial charge in [-0.15, -0.1) is 0 Å². The molecule has 0 saturated carbocycles. The molecule has 2 amide bonds. The monoisotopic (exact) mass is 564 g/mol. The zero-order chi connectivity index (χ0) is 29.4. The summed E-state index contributed by atoms with van der Waals surface area (Å²) in [6.45, 7) is 0.842. The molecule has 214 valence electrons. The predicted octanol–water partition coefficient (Wildman–Crippen LogP) is 3.55. The number of carbonyl (C=O) groups is 2. The third kappa shape index (κ3) is 5.23. The van der Waals surface area contributed by atoms with E-state index < -0.39 is 23.1 Å². The maximum atomic E-state index is 14.7. The van der Waals surface area contributed by atoms with Gasteiger partial charge in [0.05, 0.1) is 30.4 Å². The van der Waals surface area contributed by atoms with Crippen LogP contribution in [0.2, 0.25) is 0 Å². The van der Waals surface area contributed by atoms with Gasteiger partial charge >= 0.3 is 0 Å². The van der Waals surface area contributed by atoms with E-state index >= 15 is 0 Å². The number of hydrogen-bond donors (Lipinski definition) is 3. The average Bonchev–Trinajstić information content (AvgIpc) is 3.53. The Morgan fingerprint density at radius 2 is 1.88 bits per heavy atom. The molecule has 0 unspecified atom stereocenters. The second kappa shape index (κ2) is 11.0. The molecular weight excluding hydrogens is 534 g/mol. The number of ether oxygens (including phenoxy) is 1. The highest BCUT2D eigenvalue weighted by Crippen LogP contribution is 2.39. The van der Waals surface area contributed by atoms with Crippen LogP contribution in [-0.4, -0.2) is 72.6 Å². The summed E-state index contributed by atoms with van der Waals surface area (Å²) in [5.74, 6) is -2.26. The average molecular weight is 565 g/mol. The predicted molar refractivity (Wildman–Crippen MR) is 152 cm³/mol. The summed E-state index contributed by atoms with van der Waals surface area (Å²) in [7, 11) is 8.37. The van der Waals surface area contributed by atoms with Gasteiger partial charge in [-0.1, -0.05) is 0 Å². The summed E-state index contributed by atoms with van der Waals surface area (Å²) < 4.78 is 36.1. The normalized spacial score (nSPS) is 12.5. The van der Waals surface area contributed by atoms with Gasteiger partial charge in [-0.2, -0.15) is 9.97 Å². The Labute approximate surface area is 235 Å². The molecule has 2 aromatic carbocycles. The SMILES string of the molecule is CNC(=O)c1c(Nc2nc(Nc3cc4c(cc3OC)CCN4C(=O)CN(C)C)nc3c2ccn3C)ccc(F)c1F. The number of methoxy groups -OCH3 is 1. The molecule has 2 aromatic heterocycles. The van der Waals surface area contributed by atoms with E-state index in [0.717, 1.165) is 17.3 Å². The number of carbonyl (C=O) groups excluding carboxylic acids is 2. The first kappa shape index (κ1) is 27.8. The fourth-order valence-corrected chi connectivity index (χ4v) is 4.83. The number of halogens is 2. The highest BCUT2D eigenvalue weighted by atomic mass is 19.2. The lowest BCUT2D eigenvalue weighted by atomic mass is 10.1. The second-order valence-electron chi connectivity index (χ2n) is 9.89. The number of benzene rings is 2. The Morgan fingerprint density at radius 3 is 2.59 bits per heavy atom. The molecule has 0 saturated heterocycles. The summed E-state index contributed by atoms with van der Waals surface area (Å²) in [6.07, 6.45) is 2.48. The Balaban J connectivity index is 1.56. The van der Waals surface area contributed by atoms with Crippen molar-refractivity contribution in [2.24, 2.45) is 7.05 Å². The van der Waals surface area contributed by atoms with Gasteiger partial charge in [0.2, 0.25) is 11.9 Å². The van der Waals surface area contributed by atoms with Crippen LogP contribution in [0.1, 0.15) is 15.9 Å². The van der Waals surface area contributed by atoms with Crippen molar-refractivity contribution in [3.8, 4) is 5.75 Å². The molecule has 3 N–H and O–H groups in total. The van der Waals surface area contributed by atoms with Gasteiger partial charge < -0.3 is 35.1 Å². The van der Waals surface area contributed by atoms with Crippen LogP contribution < -0.4 is 25.6 Å². The number of anilines is 5. The summed E-state index contributed by atoms with van der Waals surface area (Å²) >= 11 is 0. The fraction of sp³-hybridized carbons (Fsp3) is 0.286. The van der Waals surface area contributed by atoms with Crippen LogP contribution in [0, 0.1) is 11.6 Å². The molecule has 11 nitrogen and oxygen atoms in total. The number of aromatic nitrogens is 3. The van der Waals surface area contributed by atoms with Crippen LogP contribution in [0.25, 0.3) is 11.0 Å². The maximum Gasteiger partial charge on any atom is 0.256 e. The van der Waals surface area contributed by atoms with Crippen LogP contribution in [0.4, 0.5) is 37.6 Å². The van der Waals surface area contributed by atoms with Gasteiger partial charge in [0.1, 0.15) is 22.8 Å². The smallest absolute Gasteiger partial charge is 0.256 e. The van der Waals surface area contributed by atoms with Gasteiger partial charge in [-0.3, -0.25) is 9.59 Å². The Hall–Kier alpha value is -4.78.